The third kappa shape index (κ3) is 7.55. The molecule has 0 spiro atoms. The van der Waals surface area contributed by atoms with Crippen molar-refractivity contribution in [3.05, 3.63) is 65.7 Å². The van der Waals surface area contributed by atoms with Gasteiger partial charge in [-0.1, -0.05) is 56.3 Å². The van der Waals surface area contributed by atoms with E-state index in [4.69, 9.17) is 5.73 Å². The van der Waals surface area contributed by atoms with Crippen molar-refractivity contribution < 1.29 is 29.4 Å². The van der Waals surface area contributed by atoms with Gasteiger partial charge in [0.2, 0.25) is 17.7 Å². The molecule has 4 unspecified atom stereocenters. The fourth-order valence-corrected chi connectivity index (χ4v) is 4.55. The fraction of sp³-hybridized carbons (Fsp3) is 0.429. The van der Waals surface area contributed by atoms with Gasteiger partial charge in [-0.05, 0) is 48.4 Å². The van der Waals surface area contributed by atoms with Gasteiger partial charge in [-0.3, -0.25) is 14.4 Å². The van der Waals surface area contributed by atoms with E-state index in [0.717, 1.165) is 5.56 Å². The predicted octanol–water partition coefficient (Wildman–Crippen LogP) is 1.21. The predicted molar refractivity (Wildman–Crippen MR) is 141 cm³/mol. The van der Waals surface area contributed by atoms with Crippen molar-refractivity contribution in [2.45, 2.75) is 63.7 Å². The number of likely N-dealkylation sites (tertiary alicyclic amines) is 1. The molecule has 1 saturated heterocycles. The number of carbonyl (C=O) groups is 4. The molecule has 10 nitrogen and oxygen atoms in total. The van der Waals surface area contributed by atoms with Crippen LogP contribution in [-0.4, -0.2) is 69.5 Å². The summed E-state index contributed by atoms with van der Waals surface area (Å²) in [5.41, 5.74) is 7.69. The number of carboxylic acid groups (broad SMARTS) is 1. The normalized spacial score (nSPS) is 17.5. The topological polar surface area (TPSA) is 162 Å². The lowest BCUT2D eigenvalue weighted by Gasteiger charge is -2.31. The Bertz CT molecular complexity index is 1120. The Balaban J connectivity index is 1.77. The third-order valence-electron chi connectivity index (χ3n) is 6.70. The molecule has 1 heterocycles. The molecule has 0 radical (unpaired) electrons. The average Bonchev–Trinajstić information content (AvgIpc) is 3.38. The minimum absolute atomic E-state index is 0.0627. The van der Waals surface area contributed by atoms with E-state index in [1.165, 1.54) is 17.0 Å². The summed E-state index contributed by atoms with van der Waals surface area (Å²) in [6.07, 6.45) is 1.30. The van der Waals surface area contributed by atoms with Gasteiger partial charge in [-0.2, -0.15) is 0 Å². The second-order valence-electron chi connectivity index (χ2n) is 9.99. The molecule has 10 heteroatoms. The number of nitrogens with one attached hydrogen (secondary N) is 2. The second kappa shape index (κ2) is 13.0. The van der Waals surface area contributed by atoms with Crippen molar-refractivity contribution in [3.63, 3.8) is 0 Å². The van der Waals surface area contributed by atoms with Crippen LogP contribution in [0, 0.1) is 5.92 Å². The lowest BCUT2D eigenvalue weighted by Crippen LogP contribution is -2.59. The summed E-state index contributed by atoms with van der Waals surface area (Å²) in [4.78, 5) is 52.7. The molecule has 2 aromatic carbocycles. The molecule has 3 rings (SSSR count). The lowest BCUT2D eigenvalue weighted by atomic mass is 9.99. The van der Waals surface area contributed by atoms with Crippen LogP contribution < -0.4 is 16.4 Å². The average molecular weight is 525 g/mol. The number of amides is 3. The third-order valence-corrected chi connectivity index (χ3v) is 6.70. The van der Waals surface area contributed by atoms with Crippen molar-refractivity contribution in [2.24, 2.45) is 11.7 Å². The quantitative estimate of drug-likeness (QED) is 0.295. The maximum Gasteiger partial charge on any atom is 0.326 e. The zero-order valence-electron chi connectivity index (χ0n) is 21.7. The first-order chi connectivity index (χ1) is 18.1. The number of nitrogens with two attached hydrogens (primary N) is 1. The molecule has 0 bridgehead atoms. The number of aliphatic carboxylic acids is 1. The number of carbonyl (C=O) groups excluding carboxylic acids is 3. The number of phenols is 1. The summed E-state index contributed by atoms with van der Waals surface area (Å²) in [5.74, 6) is -2.91. The molecule has 1 aliphatic heterocycles. The molecular weight excluding hydrogens is 488 g/mol. The van der Waals surface area contributed by atoms with Gasteiger partial charge in [0, 0.05) is 13.0 Å². The summed E-state index contributed by atoms with van der Waals surface area (Å²) in [6.45, 7) is 3.83. The zero-order chi connectivity index (χ0) is 27.8. The molecule has 1 aliphatic rings. The van der Waals surface area contributed by atoms with E-state index in [0.29, 0.717) is 24.9 Å². The summed E-state index contributed by atoms with van der Waals surface area (Å²) >= 11 is 0. The van der Waals surface area contributed by atoms with E-state index in [1.807, 2.05) is 30.3 Å². The van der Waals surface area contributed by atoms with Gasteiger partial charge in [0.1, 0.15) is 23.9 Å². The number of phenolic OH excluding ortho intramolecular Hbond substituents is 1. The number of hydrogen-bond donors (Lipinski definition) is 5. The molecule has 0 saturated carbocycles. The number of nitrogens with zero attached hydrogens (tertiary/aromatic N) is 1. The van der Waals surface area contributed by atoms with Gasteiger partial charge in [-0.15, -0.1) is 0 Å². The van der Waals surface area contributed by atoms with Gasteiger partial charge < -0.3 is 31.5 Å². The molecule has 4 atom stereocenters. The van der Waals surface area contributed by atoms with Crippen LogP contribution in [0.3, 0.4) is 0 Å². The highest BCUT2D eigenvalue weighted by Crippen LogP contribution is 2.21. The largest absolute Gasteiger partial charge is 0.508 e. The van der Waals surface area contributed by atoms with Crippen LogP contribution >= 0.6 is 0 Å². The van der Waals surface area contributed by atoms with Crippen LogP contribution in [0.15, 0.2) is 54.6 Å². The highest BCUT2D eigenvalue weighted by atomic mass is 16.4. The van der Waals surface area contributed by atoms with Crippen molar-refractivity contribution in [1.29, 1.82) is 0 Å². The number of carboxylic acids is 1. The Kier molecular flexibility index (Phi) is 9.84. The first-order valence-electron chi connectivity index (χ1n) is 12.8. The SMILES string of the molecule is CC(C)C(NC(=O)C(Cc1ccc(O)cc1)NC(=O)C(N)Cc1ccccc1)C(=O)N1CCCC1C(=O)O. The van der Waals surface area contributed by atoms with Crippen molar-refractivity contribution >= 4 is 23.7 Å². The first kappa shape index (κ1) is 28.6. The molecule has 0 aliphatic carbocycles. The Morgan fingerprint density at radius 2 is 1.58 bits per heavy atom. The summed E-state index contributed by atoms with van der Waals surface area (Å²) in [6, 6.07) is 11.6. The fourth-order valence-electron chi connectivity index (χ4n) is 4.55. The van der Waals surface area contributed by atoms with Gasteiger partial charge >= 0.3 is 5.97 Å². The van der Waals surface area contributed by atoms with E-state index in [2.05, 4.69) is 10.6 Å². The highest BCUT2D eigenvalue weighted by molar-refractivity contribution is 5.94. The van der Waals surface area contributed by atoms with E-state index < -0.39 is 47.9 Å². The highest BCUT2D eigenvalue weighted by Gasteiger charge is 2.39. The Morgan fingerprint density at radius 1 is 0.947 bits per heavy atom. The van der Waals surface area contributed by atoms with Crippen molar-refractivity contribution in [3.8, 4) is 5.75 Å². The molecule has 3 amide bonds. The van der Waals surface area contributed by atoms with Crippen LogP contribution in [-0.2, 0) is 32.0 Å². The maximum atomic E-state index is 13.5. The maximum absolute atomic E-state index is 13.5. The second-order valence-corrected chi connectivity index (χ2v) is 9.99. The number of aromatic hydroxyl groups is 1. The van der Waals surface area contributed by atoms with Crippen molar-refractivity contribution in [1.82, 2.24) is 15.5 Å². The molecule has 38 heavy (non-hydrogen) atoms. The van der Waals surface area contributed by atoms with E-state index in [9.17, 15) is 29.4 Å². The molecule has 2 aromatic rings. The van der Waals surface area contributed by atoms with Gasteiger partial charge in [-0.25, -0.2) is 4.79 Å². The number of hydrogen-bond acceptors (Lipinski definition) is 6. The molecule has 6 N–H and O–H groups in total. The summed E-state index contributed by atoms with van der Waals surface area (Å²) in [7, 11) is 0. The van der Waals surface area contributed by atoms with Crippen LogP contribution in [0.2, 0.25) is 0 Å². The lowest BCUT2D eigenvalue weighted by molar-refractivity contribution is -0.150. The van der Waals surface area contributed by atoms with Gasteiger partial charge in [0.05, 0.1) is 6.04 Å². The molecular formula is C28H36N4O6. The van der Waals surface area contributed by atoms with E-state index in [-0.39, 0.29) is 24.5 Å². The number of benzene rings is 2. The minimum Gasteiger partial charge on any atom is -0.508 e. The van der Waals surface area contributed by atoms with Crippen LogP contribution in [0.4, 0.5) is 0 Å². The standard InChI is InChI=1S/C28H36N4O6/c1-17(2)24(27(36)32-14-6-9-23(32)28(37)38)31-26(35)22(16-19-10-12-20(33)13-11-19)30-25(34)21(29)15-18-7-4-3-5-8-18/h3-5,7-8,10-13,17,21-24,33H,6,9,14-16,29H2,1-2H3,(H,30,34)(H,31,35)(H,37,38). The summed E-state index contributed by atoms with van der Waals surface area (Å²) < 4.78 is 0. The zero-order valence-corrected chi connectivity index (χ0v) is 21.7. The Hall–Kier alpha value is -3.92. The van der Waals surface area contributed by atoms with Gasteiger partial charge in [0.25, 0.3) is 0 Å². The summed E-state index contributed by atoms with van der Waals surface area (Å²) in [5, 5.41) is 24.6. The molecule has 1 fully saturated rings. The van der Waals surface area contributed by atoms with E-state index in [1.54, 1.807) is 26.0 Å². The Labute approximate surface area is 222 Å². The van der Waals surface area contributed by atoms with Crippen LogP contribution in [0.25, 0.3) is 0 Å². The first-order valence-corrected chi connectivity index (χ1v) is 12.8. The van der Waals surface area contributed by atoms with E-state index >= 15 is 0 Å². The monoisotopic (exact) mass is 524 g/mol. The number of rotatable bonds is 11. The van der Waals surface area contributed by atoms with Crippen LogP contribution in [0.5, 0.6) is 5.75 Å². The molecule has 204 valence electrons. The Morgan fingerprint density at radius 3 is 2.18 bits per heavy atom. The minimum atomic E-state index is -1.07. The van der Waals surface area contributed by atoms with Crippen LogP contribution in [0.1, 0.15) is 37.8 Å². The molecule has 0 aromatic heterocycles. The van der Waals surface area contributed by atoms with Gasteiger partial charge in [0.15, 0.2) is 0 Å². The smallest absolute Gasteiger partial charge is 0.326 e. The van der Waals surface area contributed by atoms with Crippen molar-refractivity contribution in [2.75, 3.05) is 6.54 Å².